The molecule has 7 heteroatoms. The third-order valence-corrected chi connectivity index (χ3v) is 7.01. The van der Waals surface area contributed by atoms with E-state index in [1.165, 1.54) is 16.0 Å². The van der Waals surface area contributed by atoms with E-state index in [9.17, 15) is 4.79 Å². The van der Waals surface area contributed by atoms with E-state index in [-0.39, 0.29) is 5.91 Å². The third kappa shape index (κ3) is 2.96. The quantitative estimate of drug-likeness (QED) is 0.701. The van der Waals surface area contributed by atoms with Crippen molar-refractivity contribution in [1.82, 2.24) is 25.1 Å². The molecule has 1 fully saturated rings. The molecule has 5 rings (SSSR count). The number of carbonyl (C=O) groups excluding carboxylic acids is 1. The molecular weight excluding hydrogens is 358 g/mol. The minimum absolute atomic E-state index is 0.145. The van der Waals surface area contributed by atoms with Crippen LogP contribution in [-0.2, 0) is 12.8 Å². The fourth-order valence-corrected chi connectivity index (χ4v) is 5.62. The van der Waals surface area contributed by atoms with Crippen molar-refractivity contribution in [1.29, 1.82) is 0 Å². The van der Waals surface area contributed by atoms with Gasteiger partial charge < -0.3 is 4.90 Å². The molecule has 1 saturated heterocycles. The zero-order valence-electron chi connectivity index (χ0n) is 15.0. The molecule has 0 spiro atoms. The number of aromatic nitrogens is 4. The number of tetrazole rings is 1. The fraction of sp³-hybridized carbons (Fsp3) is 0.400. The van der Waals surface area contributed by atoms with Gasteiger partial charge >= 0.3 is 0 Å². The Balaban J connectivity index is 1.39. The van der Waals surface area contributed by atoms with Crippen molar-refractivity contribution in [2.24, 2.45) is 0 Å². The summed E-state index contributed by atoms with van der Waals surface area (Å²) in [5, 5.41) is 12.4. The van der Waals surface area contributed by atoms with Gasteiger partial charge in [-0.05, 0) is 59.6 Å². The summed E-state index contributed by atoms with van der Waals surface area (Å²) in [6.45, 7) is 1.61. The van der Waals surface area contributed by atoms with Gasteiger partial charge in [0.1, 0.15) is 11.3 Å². The lowest BCUT2D eigenvalue weighted by Crippen LogP contribution is -2.38. The number of fused-ring (bicyclic) bond motifs is 1. The number of amides is 1. The largest absolute Gasteiger partial charge is 0.339 e. The highest BCUT2D eigenvalue weighted by Gasteiger charge is 2.32. The zero-order valence-corrected chi connectivity index (χ0v) is 15.9. The third-order valence-electron chi connectivity index (χ3n) is 5.73. The lowest BCUT2D eigenvalue weighted by atomic mass is 9.89. The molecule has 0 radical (unpaired) electrons. The van der Waals surface area contributed by atoms with Crippen molar-refractivity contribution in [3.63, 3.8) is 0 Å². The van der Waals surface area contributed by atoms with Crippen LogP contribution in [0, 0.1) is 0 Å². The van der Waals surface area contributed by atoms with Crippen LogP contribution in [0.2, 0.25) is 0 Å². The number of piperidine rings is 1. The Kier molecular flexibility index (Phi) is 4.24. The summed E-state index contributed by atoms with van der Waals surface area (Å²) < 4.78 is 1.65. The molecule has 0 bridgehead atoms. The number of hydrogen-bond donors (Lipinski definition) is 0. The molecule has 0 unspecified atom stereocenters. The van der Waals surface area contributed by atoms with Crippen molar-refractivity contribution in [3.05, 3.63) is 58.2 Å². The van der Waals surface area contributed by atoms with Crippen LogP contribution >= 0.6 is 11.3 Å². The number of nitrogens with zero attached hydrogens (tertiary/aromatic N) is 5. The van der Waals surface area contributed by atoms with Gasteiger partial charge in [-0.1, -0.05) is 30.3 Å². The van der Waals surface area contributed by atoms with Crippen molar-refractivity contribution < 1.29 is 4.79 Å². The van der Waals surface area contributed by atoms with Crippen LogP contribution in [-0.4, -0.2) is 44.1 Å². The number of benzene rings is 1. The van der Waals surface area contributed by atoms with E-state index in [0.717, 1.165) is 55.8 Å². The summed E-state index contributed by atoms with van der Waals surface area (Å²) in [4.78, 5) is 16.8. The predicted octanol–water partition coefficient (Wildman–Crippen LogP) is 3.23. The van der Waals surface area contributed by atoms with Gasteiger partial charge in [-0.3, -0.25) is 4.79 Å². The molecule has 138 valence electrons. The van der Waals surface area contributed by atoms with E-state index in [2.05, 4.69) is 45.9 Å². The van der Waals surface area contributed by atoms with Crippen molar-refractivity contribution in [2.45, 2.75) is 38.0 Å². The van der Waals surface area contributed by atoms with Gasteiger partial charge in [-0.2, -0.15) is 4.68 Å². The number of likely N-dealkylation sites (tertiary alicyclic amines) is 1. The van der Waals surface area contributed by atoms with E-state index in [4.69, 9.17) is 0 Å². The van der Waals surface area contributed by atoms with Crippen LogP contribution < -0.4 is 0 Å². The topological polar surface area (TPSA) is 63.9 Å². The van der Waals surface area contributed by atoms with Crippen LogP contribution in [0.4, 0.5) is 0 Å². The number of rotatable bonds is 3. The first-order chi connectivity index (χ1) is 13.3. The SMILES string of the molecule is O=C(c1c(-n2cnnn2)sc2c1CCC2)N1CCC(c2ccccc2)CC1. The molecule has 0 N–H and O–H groups in total. The summed E-state index contributed by atoms with van der Waals surface area (Å²) in [6.07, 6.45) is 6.78. The summed E-state index contributed by atoms with van der Waals surface area (Å²) in [5.74, 6) is 0.689. The summed E-state index contributed by atoms with van der Waals surface area (Å²) in [6, 6.07) is 10.6. The van der Waals surface area contributed by atoms with Gasteiger partial charge in [0.25, 0.3) is 5.91 Å². The predicted molar refractivity (Wildman–Crippen MR) is 103 cm³/mol. The van der Waals surface area contributed by atoms with E-state index >= 15 is 0 Å². The van der Waals surface area contributed by atoms with Crippen molar-refractivity contribution in [3.8, 4) is 5.00 Å². The standard InChI is InChI=1S/C20H21N5OS/c26-19(24-11-9-15(10-12-24)14-5-2-1-3-6-14)18-16-7-4-8-17(16)27-20(18)25-13-21-22-23-25/h1-3,5-6,13,15H,4,7-12H2. The molecule has 1 amide bonds. The molecule has 3 heterocycles. The maximum Gasteiger partial charge on any atom is 0.257 e. The molecule has 1 aliphatic heterocycles. The van der Waals surface area contributed by atoms with Gasteiger partial charge in [-0.25, -0.2) is 0 Å². The van der Waals surface area contributed by atoms with E-state index in [1.807, 2.05) is 4.90 Å². The Morgan fingerprint density at radius 2 is 1.93 bits per heavy atom. The first kappa shape index (κ1) is 16.6. The Morgan fingerprint density at radius 3 is 2.67 bits per heavy atom. The van der Waals surface area contributed by atoms with Crippen LogP contribution in [0.5, 0.6) is 0 Å². The Hall–Kier alpha value is -2.54. The zero-order chi connectivity index (χ0) is 18.2. The Labute approximate surface area is 161 Å². The fourth-order valence-electron chi connectivity index (χ4n) is 4.33. The monoisotopic (exact) mass is 379 g/mol. The number of hydrogen-bond acceptors (Lipinski definition) is 5. The van der Waals surface area contributed by atoms with Gasteiger partial charge in [0.05, 0.1) is 5.56 Å². The maximum absolute atomic E-state index is 13.4. The molecule has 2 aliphatic rings. The van der Waals surface area contributed by atoms with Crippen LogP contribution in [0.15, 0.2) is 36.7 Å². The average Bonchev–Trinajstić information content (AvgIpc) is 3.45. The molecule has 27 heavy (non-hydrogen) atoms. The lowest BCUT2D eigenvalue weighted by Gasteiger charge is -2.32. The molecule has 0 atom stereocenters. The molecule has 6 nitrogen and oxygen atoms in total. The summed E-state index contributed by atoms with van der Waals surface area (Å²) in [5.41, 5.74) is 3.44. The van der Waals surface area contributed by atoms with Gasteiger partial charge in [0.2, 0.25) is 0 Å². The maximum atomic E-state index is 13.4. The average molecular weight is 379 g/mol. The second kappa shape index (κ2) is 6.88. The highest BCUT2D eigenvalue weighted by atomic mass is 32.1. The van der Waals surface area contributed by atoms with Crippen molar-refractivity contribution >= 4 is 17.2 Å². The van der Waals surface area contributed by atoms with Crippen LogP contribution in [0.1, 0.15) is 51.5 Å². The highest BCUT2D eigenvalue weighted by Crippen LogP contribution is 2.39. The molecule has 3 aromatic rings. The number of carbonyl (C=O) groups is 1. The molecule has 1 aliphatic carbocycles. The number of aryl methyl sites for hydroxylation is 1. The second-order valence-electron chi connectivity index (χ2n) is 7.27. The molecular formula is C20H21N5OS. The normalized spacial score (nSPS) is 17.3. The van der Waals surface area contributed by atoms with Gasteiger partial charge in [0.15, 0.2) is 0 Å². The smallest absolute Gasteiger partial charge is 0.257 e. The summed E-state index contributed by atoms with van der Waals surface area (Å²) in [7, 11) is 0. The van der Waals surface area contributed by atoms with Gasteiger partial charge in [-0.15, -0.1) is 16.4 Å². The highest BCUT2D eigenvalue weighted by molar-refractivity contribution is 7.15. The first-order valence-electron chi connectivity index (χ1n) is 9.53. The lowest BCUT2D eigenvalue weighted by molar-refractivity contribution is 0.0712. The minimum Gasteiger partial charge on any atom is -0.339 e. The molecule has 0 saturated carbocycles. The van der Waals surface area contributed by atoms with Crippen LogP contribution in [0.3, 0.4) is 0 Å². The molecule has 1 aromatic carbocycles. The Morgan fingerprint density at radius 1 is 1.11 bits per heavy atom. The van der Waals surface area contributed by atoms with E-state index in [1.54, 1.807) is 22.3 Å². The van der Waals surface area contributed by atoms with E-state index in [0.29, 0.717) is 5.92 Å². The Bertz CT molecular complexity index is 942. The van der Waals surface area contributed by atoms with E-state index < -0.39 is 0 Å². The number of thiophene rings is 1. The summed E-state index contributed by atoms with van der Waals surface area (Å²) >= 11 is 1.67. The van der Waals surface area contributed by atoms with Crippen molar-refractivity contribution in [2.75, 3.05) is 13.1 Å². The second-order valence-corrected chi connectivity index (χ2v) is 8.35. The van der Waals surface area contributed by atoms with Crippen LogP contribution in [0.25, 0.3) is 5.00 Å². The minimum atomic E-state index is 0.145. The van der Waals surface area contributed by atoms with Gasteiger partial charge in [0, 0.05) is 18.0 Å². The first-order valence-corrected chi connectivity index (χ1v) is 10.3. The molecule has 2 aromatic heterocycles.